The number of rotatable bonds is 8. The number of benzene rings is 3. The highest BCUT2D eigenvalue weighted by Gasteiger charge is 2.54. The van der Waals surface area contributed by atoms with E-state index in [-0.39, 0.29) is 24.4 Å². The summed E-state index contributed by atoms with van der Waals surface area (Å²) in [4.78, 5) is 38.2. The van der Waals surface area contributed by atoms with Gasteiger partial charge in [-0.25, -0.2) is 9.59 Å². The van der Waals surface area contributed by atoms with Crippen molar-refractivity contribution in [3.8, 4) is 0 Å². The Morgan fingerprint density at radius 1 is 0.838 bits per heavy atom. The van der Waals surface area contributed by atoms with Gasteiger partial charge in [0, 0.05) is 12.3 Å². The van der Waals surface area contributed by atoms with E-state index in [2.05, 4.69) is 0 Å². The largest absolute Gasteiger partial charge is 0.462 e. The second-order valence-electron chi connectivity index (χ2n) is 9.35. The van der Waals surface area contributed by atoms with Crippen molar-refractivity contribution in [2.24, 2.45) is 11.8 Å². The first-order chi connectivity index (χ1) is 18.1. The van der Waals surface area contributed by atoms with E-state index >= 15 is 0 Å². The van der Waals surface area contributed by atoms with Crippen LogP contribution in [0.15, 0.2) is 103 Å². The zero-order valence-electron chi connectivity index (χ0n) is 20.3. The van der Waals surface area contributed by atoms with Crippen LogP contribution in [-0.2, 0) is 25.4 Å². The summed E-state index contributed by atoms with van der Waals surface area (Å²) in [6.45, 7) is 0. The van der Waals surface area contributed by atoms with Gasteiger partial charge in [0.25, 0.3) is 0 Å². The fourth-order valence-corrected chi connectivity index (χ4v) is 5.17. The van der Waals surface area contributed by atoms with Gasteiger partial charge in [-0.2, -0.15) is 0 Å². The first-order valence-corrected chi connectivity index (χ1v) is 12.5. The predicted octanol–water partition coefficient (Wildman–Crippen LogP) is 5.54. The van der Waals surface area contributed by atoms with Crippen molar-refractivity contribution in [3.63, 3.8) is 0 Å². The third-order valence-electron chi connectivity index (χ3n) is 6.93. The molecule has 0 N–H and O–H groups in total. The summed E-state index contributed by atoms with van der Waals surface area (Å²) in [5.74, 6) is -1.54. The summed E-state index contributed by atoms with van der Waals surface area (Å²) in [6, 6.07) is 27.5. The number of hydrogen-bond acceptors (Lipinski definition) is 6. The van der Waals surface area contributed by atoms with E-state index in [1.54, 1.807) is 48.5 Å². The van der Waals surface area contributed by atoms with Crippen LogP contribution in [0.2, 0.25) is 0 Å². The van der Waals surface area contributed by atoms with Gasteiger partial charge in [0.15, 0.2) is 0 Å². The van der Waals surface area contributed by atoms with Crippen molar-refractivity contribution in [2.75, 3.05) is 0 Å². The summed E-state index contributed by atoms with van der Waals surface area (Å²) in [6.07, 6.45) is 2.82. The number of fused-ring (bicyclic) bond motifs is 1. The van der Waals surface area contributed by atoms with Crippen molar-refractivity contribution in [1.82, 2.24) is 0 Å². The first-order valence-electron chi connectivity index (χ1n) is 12.5. The fourth-order valence-electron chi connectivity index (χ4n) is 5.17. The molecule has 1 aliphatic heterocycles. The average Bonchev–Trinajstić information content (AvgIpc) is 3.44. The fraction of sp³-hybridized carbons (Fsp3) is 0.258. The Morgan fingerprint density at radius 2 is 1.43 bits per heavy atom. The third-order valence-corrected chi connectivity index (χ3v) is 6.93. The Balaban J connectivity index is 1.43. The highest BCUT2D eigenvalue weighted by molar-refractivity contribution is 5.90. The summed E-state index contributed by atoms with van der Waals surface area (Å²) in [7, 11) is 0. The zero-order valence-corrected chi connectivity index (χ0v) is 20.3. The topological polar surface area (TPSA) is 78.9 Å². The lowest BCUT2D eigenvalue weighted by molar-refractivity contribution is -0.141. The number of ether oxygens (including phenoxy) is 3. The van der Waals surface area contributed by atoms with E-state index < -0.39 is 24.0 Å². The molecule has 5 rings (SSSR count). The Bertz CT molecular complexity index is 1270. The lowest BCUT2D eigenvalue weighted by atomic mass is 9.89. The molecule has 1 aliphatic carbocycles. The second kappa shape index (κ2) is 11.2. The van der Waals surface area contributed by atoms with Crippen molar-refractivity contribution in [3.05, 3.63) is 120 Å². The number of carbonyl (C=O) groups is 3. The van der Waals surface area contributed by atoms with Crippen LogP contribution in [0, 0.1) is 11.8 Å². The van der Waals surface area contributed by atoms with Crippen molar-refractivity contribution in [1.29, 1.82) is 0 Å². The third kappa shape index (κ3) is 5.80. The summed E-state index contributed by atoms with van der Waals surface area (Å²) < 4.78 is 17.5. The van der Waals surface area contributed by atoms with Crippen molar-refractivity contribution in [2.45, 2.75) is 37.9 Å². The van der Waals surface area contributed by atoms with Gasteiger partial charge >= 0.3 is 17.9 Å². The monoisotopic (exact) mass is 496 g/mol. The molecule has 6 nitrogen and oxygen atoms in total. The van der Waals surface area contributed by atoms with Gasteiger partial charge in [-0.3, -0.25) is 4.79 Å². The standard InChI is InChI=1S/C31H28O6/c32-28-19-24-26(35-28)20-27(37-31(34)23-16-8-3-9-17-23)29(24)25(18-10-13-21-11-4-1-5-12-21)36-30(33)22-14-6-2-7-15-22/h1-9,11-12,14-18,24,26-27,29H,10,13,19-20H2/t24-,26-,27+,29-/m0/s1. The Morgan fingerprint density at radius 3 is 2.08 bits per heavy atom. The van der Waals surface area contributed by atoms with Crippen molar-refractivity contribution < 1.29 is 28.6 Å². The molecule has 1 heterocycles. The lowest BCUT2D eigenvalue weighted by Gasteiger charge is -2.25. The quantitative estimate of drug-likeness (QED) is 0.232. The van der Waals surface area contributed by atoms with E-state index in [0.29, 0.717) is 29.7 Å². The molecule has 0 spiro atoms. The van der Waals surface area contributed by atoms with E-state index in [9.17, 15) is 14.4 Å². The van der Waals surface area contributed by atoms with Gasteiger partial charge < -0.3 is 14.2 Å². The highest BCUT2D eigenvalue weighted by Crippen LogP contribution is 2.47. The Hall–Kier alpha value is -4.19. The lowest BCUT2D eigenvalue weighted by Crippen LogP contribution is -2.29. The maximum atomic E-state index is 13.1. The van der Waals surface area contributed by atoms with Crippen molar-refractivity contribution >= 4 is 17.9 Å². The summed E-state index contributed by atoms with van der Waals surface area (Å²) in [5.41, 5.74) is 2.01. The van der Waals surface area contributed by atoms with Crippen LogP contribution in [0.1, 0.15) is 45.5 Å². The smallest absolute Gasteiger partial charge is 0.343 e. The van der Waals surface area contributed by atoms with Crippen LogP contribution in [0.25, 0.3) is 0 Å². The van der Waals surface area contributed by atoms with Gasteiger partial charge in [-0.1, -0.05) is 66.7 Å². The number of esters is 3. The molecule has 0 amide bonds. The maximum absolute atomic E-state index is 13.1. The van der Waals surface area contributed by atoms with Crippen LogP contribution >= 0.6 is 0 Å². The minimum absolute atomic E-state index is 0.188. The Labute approximate surface area is 215 Å². The average molecular weight is 497 g/mol. The molecular weight excluding hydrogens is 468 g/mol. The molecule has 4 atom stereocenters. The maximum Gasteiger partial charge on any atom is 0.343 e. The minimum Gasteiger partial charge on any atom is -0.462 e. The van der Waals surface area contributed by atoms with E-state index in [1.807, 2.05) is 48.5 Å². The molecule has 2 fully saturated rings. The van der Waals surface area contributed by atoms with Gasteiger partial charge in [0.2, 0.25) is 0 Å². The van der Waals surface area contributed by atoms with Gasteiger partial charge in [0.1, 0.15) is 18.0 Å². The Kier molecular flexibility index (Phi) is 7.45. The van der Waals surface area contributed by atoms with E-state index in [1.165, 1.54) is 0 Å². The van der Waals surface area contributed by atoms with Crippen LogP contribution in [-0.4, -0.2) is 30.1 Å². The molecule has 1 saturated heterocycles. The number of carbonyl (C=O) groups excluding carboxylic acids is 3. The number of allylic oxidation sites excluding steroid dienone is 1. The molecule has 1 saturated carbocycles. The summed E-state index contributed by atoms with van der Waals surface area (Å²) in [5, 5.41) is 0. The second-order valence-corrected chi connectivity index (χ2v) is 9.35. The van der Waals surface area contributed by atoms with Crippen LogP contribution in [0.5, 0.6) is 0 Å². The molecule has 0 bridgehead atoms. The van der Waals surface area contributed by atoms with E-state index in [4.69, 9.17) is 14.2 Å². The SMILES string of the molecule is O=C1C[C@@H]2[C@@H](C(=CCCc3ccccc3)OC(=O)c3ccccc3)[C@H](OC(=O)c3ccccc3)C[C@@H]2O1. The van der Waals surface area contributed by atoms with Crippen LogP contribution in [0.4, 0.5) is 0 Å². The molecule has 0 aromatic heterocycles. The van der Waals surface area contributed by atoms with Crippen LogP contribution < -0.4 is 0 Å². The molecule has 6 heteroatoms. The number of aryl methyl sites for hydroxylation is 1. The van der Waals surface area contributed by atoms with Gasteiger partial charge in [-0.15, -0.1) is 0 Å². The molecule has 0 unspecified atom stereocenters. The number of hydrogen-bond donors (Lipinski definition) is 0. The molecular formula is C31H28O6. The normalized spacial score (nSPS) is 22.7. The minimum atomic E-state index is -0.595. The van der Waals surface area contributed by atoms with E-state index in [0.717, 1.165) is 12.0 Å². The molecule has 188 valence electrons. The highest BCUT2D eigenvalue weighted by atomic mass is 16.6. The molecule has 2 aliphatic rings. The van der Waals surface area contributed by atoms with Gasteiger partial charge in [-0.05, 0) is 48.7 Å². The predicted molar refractivity (Wildman–Crippen MR) is 136 cm³/mol. The first kappa shape index (κ1) is 24.5. The zero-order chi connectivity index (χ0) is 25.6. The molecule has 37 heavy (non-hydrogen) atoms. The molecule has 0 radical (unpaired) electrons. The molecule has 3 aromatic carbocycles. The van der Waals surface area contributed by atoms with Gasteiger partial charge in [0.05, 0.1) is 23.5 Å². The summed E-state index contributed by atoms with van der Waals surface area (Å²) >= 11 is 0. The van der Waals surface area contributed by atoms with Crippen LogP contribution in [0.3, 0.4) is 0 Å². The molecule has 3 aromatic rings.